The zero-order chi connectivity index (χ0) is 16.3. The molecule has 0 rings (SSSR count). The fraction of sp³-hybridized carbons (Fsp3) is 0.667. The highest BCUT2D eigenvalue weighted by Gasteiger charge is 2.25. The normalized spacial score (nSPS) is 10.2. The van der Waals surface area contributed by atoms with Crippen molar-refractivity contribution in [2.24, 2.45) is 5.73 Å². The number of carbonyl (C=O) groups excluding carboxylic acids is 2. The maximum absolute atomic E-state index is 11.3. The van der Waals surface area contributed by atoms with Gasteiger partial charge in [-0.25, -0.2) is 0 Å². The topological polar surface area (TPSA) is 135 Å². The third-order valence-corrected chi connectivity index (χ3v) is 2.99. The Balaban J connectivity index is 0. The van der Waals surface area contributed by atoms with Crippen LogP contribution in [0.2, 0.25) is 0 Å². The lowest BCUT2D eigenvalue weighted by Crippen LogP contribution is -2.22. The monoisotopic (exact) mass is 307 g/mol. The van der Waals surface area contributed by atoms with Gasteiger partial charge in [-0.2, -0.15) is 0 Å². The quantitative estimate of drug-likeness (QED) is 0.644. The van der Waals surface area contributed by atoms with Crippen molar-refractivity contribution in [3.63, 3.8) is 0 Å². The van der Waals surface area contributed by atoms with Gasteiger partial charge in [-0.05, 0) is 13.8 Å². The molecule has 8 heteroatoms. The number of hydrogen-bond acceptors (Lipinski definition) is 5. The van der Waals surface area contributed by atoms with Gasteiger partial charge < -0.3 is 15.9 Å². The first-order valence-electron chi connectivity index (χ1n) is 5.94. The molecule has 0 atom stereocenters. The van der Waals surface area contributed by atoms with Gasteiger partial charge in [0.1, 0.15) is 0 Å². The molecular weight excluding hydrogens is 286 g/mol. The predicted octanol–water partition coefficient (Wildman–Crippen LogP) is 1.25. The molecule has 0 bridgehead atoms. The van der Waals surface area contributed by atoms with Crippen LogP contribution in [0.25, 0.3) is 0 Å². The molecule has 20 heavy (non-hydrogen) atoms. The minimum Gasteiger partial charge on any atom is -0.481 e. The van der Waals surface area contributed by atoms with Gasteiger partial charge in [-0.15, -0.1) is 0 Å². The first-order chi connectivity index (χ1) is 9.00. The molecule has 0 radical (unpaired) electrons. The van der Waals surface area contributed by atoms with Crippen molar-refractivity contribution < 1.29 is 29.4 Å². The first-order valence-corrected chi connectivity index (χ1v) is 6.75. The van der Waals surface area contributed by atoms with E-state index in [1.807, 2.05) is 0 Å². The molecule has 0 saturated heterocycles. The second-order valence-corrected chi connectivity index (χ2v) is 6.28. The third kappa shape index (κ3) is 16.4. The van der Waals surface area contributed by atoms with Gasteiger partial charge in [-0.3, -0.25) is 19.2 Å². The average Bonchev–Trinajstić information content (AvgIpc) is 2.24. The van der Waals surface area contributed by atoms with Crippen molar-refractivity contribution >= 4 is 34.7 Å². The number of carboxylic acid groups (broad SMARTS) is 2. The van der Waals surface area contributed by atoms with Crippen molar-refractivity contribution in [2.45, 2.75) is 51.2 Å². The summed E-state index contributed by atoms with van der Waals surface area (Å²) in [5.41, 5.74) is 4.65. The van der Waals surface area contributed by atoms with Crippen LogP contribution in [0.1, 0.15) is 46.5 Å². The lowest BCUT2D eigenvalue weighted by atomic mass is 10.1. The molecular formula is C12H21NO6S. The third-order valence-electron chi connectivity index (χ3n) is 1.86. The number of hydrogen-bond donors (Lipinski definition) is 3. The number of amides is 1. The van der Waals surface area contributed by atoms with Gasteiger partial charge in [-0.1, -0.05) is 18.7 Å². The van der Waals surface area contributed by atoms with Crippen LogP contribution >= 0.6 is 11.8 Å². The summed E-state index contributed by atoms with van der Waals surface area (Å²) in [6.45, 7) is 5.01. The van der Waals surface area contributed by atoms with Crippen LogP contribution in [0.3, 0.4) is 0 Å². The second kappa shape index (κ2) is 10.2. The summed E-state index contributed by atoms with van der Waals surface area (Å²) >= 11 is 0.889. The van der Waals surface area contributed by atoms with Crippen LogP contribution in [0.4, 0.5) is 0 Å². The van der Waals surface area contributed by atoms with Crippen LogP contribution in [0.15, 0.2) is 0 Å². The molecule has 0 saturated carbocycles. The number of rotatable bonds is 7. The Morgan fingerprint density at radius 2 is 1.50 bits per heavy atom. The average molecular weight is 307 g/mol. The first kappa shape index (κ1) is 20.7. The van der Waals surface area contributed by atoms with Gasteiger partial charge in [0.25, 0.3) is 0 Å². The zero-order valence-electron chi connectivity index (χ0n) is 11.8. The summed E-state index contributed by atoms with van der Waals surface area (Å²) in [5, 5.41) is 16.6. The van der Waals surface area contributed by atoms with Gasteiger partial charge in [0.15, 0.2) is 5.12 Å². The highest BCUT2D eigenvalue weighted by atomic mass is 32.2. The van der Waals surface area contributed by atoms with Crippen LogP contribution < -0.4 is 5.73 Å². The van der Waals surface area contributed by atoms with E-state index >= 15 is 0 Å². The van der Waals surface area contributed by atoms with Crippen molar-refractivity contribution in [1.29, 1.82) is 0 Å². The van der Waals surface area contributed by atoms with Gasteiger partial charge in [0.05, 0.1) is 12.8 Å². The Kier molecular flexibility index (Phi) is 10.6. The summed E-state index contributed by atoms with van der Waals surface area (Å²) in [6.07, 6.45) is 0.0362. The van der Waals surface area contributed by atoms with E-state index in [-0.39, 0.29) is 30.3 Å². The number of thioether (sulfide) groups is 1. The Hall–Kier alpha value is -1.57. The van der Waals surface area contributed by atoms with Gasteiger partial charge in [0.2, 0.25) is 5.91 Å². The molecule has 0 heterocycles. The molecule has 0 aromatic heterocycles. The molecule has 116 valence electrons. The van der Waals surface area contributed by atoms with E-state index in [2.05, 4.69) is 5.73 Å². The van der Waals surface area contributed by atoms with Gasteiger partial charge in [0, 0.05) is 17.6 Å². The minimum absolute atomic E-state index is 0.0664. The fourth-order valence-corrected chi connectivity index (χ4v) is 1.98. The van der Waals surface area contributed by atoms with Crippen LogP contribution in [-0.4, -0.2) is 37.9 Å². The molecule has 0 unspecified atom stereocenters. The molecule has 0 aliphatic rings. The Bertz CT molecular complexity index is 367. The summed E-state index contributed by atoms with van der Waals surface area (Å²) in [4.78, 5) is 41.5. The van der Waals surface area contributed by atoms with E-state index < -0.39 is 16.7 Å². The largest absolute Gasteiger partial charge is 0.481 e. The molecule has 1 amide bonds. The molecule has 0 fully saturated rings. The summed E-state index contributed by atoms with van der Waals surface area (Å²) in [6, 6.07) is 0. The number of carbonyl (C=O) groups is 4. The Morgan fingerprint density at radius 3 is 1.80 bits per heavy atom. The zero-order valence-corrected chi connectivity index (χ0v) is 12.7. The second-order valence-electron chi connectivity index (χ2n) is 4.52. The van der Waals surface area contributed by atoms with Crippen LogP contribution in [0, 0.1) is 0 Å². The maximum atomic E-state index is 11.3. The number of nitrogens with two attached hydrogens (primary N) is 1. The maximum Gasteiger partial charge on any atom is 0.304 e. The fourth-order valence-electron chi connectivity index (χ4n) is 0.968. The van der Waals surface area contributed by atoms with Crippen molar-refractivity contribution in [1.82, 2.24) is 0 Å². The van der Waals surface area contributed by atoms with E-state index in [0.717, 1.165) is 11.8 Å². The Morgan fingerprint density at radius 1 is 1.05 bits per heavy atom. The van der Waals surface area contributed by atoms with E-state index in [4.69, 9.17) is 10.2 Å². The smallest absolute Gasteiger partial charge is 0.304 e. The Labute approximate surface area is 121 Å². The summed E-state index contributed by atoms with van der Waals surface area (Å²) in [5.74, 6) is -2.25. The van der Waals surface area contributed by atoms with E-state index in [1.165, 1.54) is 0 Å². The standard InChI is InChI=1S/C9H14O5S.C3H7NO/c1-9(2,5-7(12)13)15-8(14)4-3-6(10)11;1-2-3(4)5/h3-5H2,1-2H3,(H,10,11)(H,12,13);2H2,1H3,(H2,4,5). The molecule has 0 aromatic rings. The van der Waals surface area contributed by atoms with E-state index in [9.17, 15) is 19.2 Å². The summed E-state index contributed by atoms with van der Waals surface area (Å²) in [7, 11) is 0. The highest BCUT2D eigenvalue weighted by Crippen LogP contribution is 2.29. The van der Waals surface area contributed by atoms with E-state index in [1.54, 1.807) is 20.8 Å². The molecule has 0 aliphatic heterocycles. The molecule has 0 aliphatic carbocycles. The lowest BCUT2D eigenvalue weighted by molar-refractivity contribution is -0.138. The summed E-state index contributed by atoms with van der Waals surface area (Å²) < 4.78 is -0.693. The van der Waals surface area contributed by atoms with Crippen molar-refractivity contribution in [3.05, 3.63) is 0 Å². The number of aliphatic carboxylic acids is 2. The minimum atomic E-state index is -1.03. The van der Waals surface area contributed by atoms with Crippen LogP contribution in [0.5, 0.6) is 0 Å². The molecule has 0 spiro atoms. The highest BCUT2D eigenvalue weighted by molar-refractivity contribution is 8.14. The van der Waals surface area contributed by atoms with E-state index in [0.29, 0.717) is 6.42 Å². The van der Waals surface area contributed by atoms with Gasteiger partial charge >= 0.3 is 11.9 Å². The molecule has 4 N–H and O–H groups in total. The lowest BCUT2D eigenvalue weighted by Gasteiger charge is -2.20. The molecule has 7 nitrogen and oxygen atoms in total. The van der Waals surface area contributed by atoms with Crippen molar-refractivity contribution in [3.8, 4) is 0 Å². The van der Waals surface area contributed by atoms with Crippen molar-refractivity contribution in [2.75, 3.05) is 0 Å². The predicted molar refractivity (Wildman–Crippen MR) is 75.3 cm³/mol. The SMILES string of the molecule is CC(C)(CC(=O)O)SC(=O)CCC(=O)O.CCC(N)=O. The number of carboxylic acids is 2. The number of primary amides is 1. The molecule has 0 aromatic carbocycles. The van der Waals surface area contributed by atoms with Crippen LogP contribution in [-0.2, 0) is 19.2 Å².